The summed E-state index contributed by atoms with van der Waals surface area (Å²) in [7, 11) is 0. The van der Waals surface area contributed by atoms with Crippen molar-refractivity contribution in [3.63, 3.8) is 0 Å². The third kappa shape index (κ3) is 6.58. The summed E-state index contributed by atoms with van der Waals surface area (Å²) in [6, 6.07) is 0.444. The smallest absolute Gasteiger partial charge is 0.219 e. The number of nitrogens with two attached hydrogens (primary N) is 1. The Kier molecular flexibility index (Phi) is 4.99. The van der Waals surface area contributed by atoms with Gasteiger partial charge in [0.05, 0.1) is 0 Å². The maximum absolute atomic E-state index is 10.7. The topological polar surface area (TPSA) is 55.1 Å². The van der Waals surface area contributed by atoms with Crippen molar-refractivity contribution in [2.45, 2.75) is 58.5 Å². The van der Waals surface area contributed by atoms with E-state index in [9.17, 15) is 4.79 Å². The molecule has 3 N–H and O–H groups in total. The van der Waals surface area contributed by atoms with Gasteiger partial charge in [-0.05, 0) is 27.2 Å². The van der Waals surface area contributed by atoms with Gasteiger partial charge >= 0.3 is 0 Å². The van der Waals surface area contributed by atoms with Crippen LogP contribution in [0.25, 0.3) is 0 Å². The predicted molar refractivity (Wildman–Crippen MR) is 55.4 cm³/mol. The molecule has 78 valence electrons. The summed E-state index contributed by atoms with van der Waals surface area (Å²) < 4.78 is 0. The number of rotatable bonds is 6. The highest BCUT2D eigenvalue weighted by atomic mass is 16.1. The zero-order chi connectivity index (χ0) is 10.5. The first-order valence-corrected chi connectivity index (χ1v) is 4.93. The second-order valence-corrected chi connectivity index (χ2v) is 4.36. The van der Waals surface area contributed by atoms with E-state index < -0.39 is 0 Å². The monoisotopic (exact) mass is 186 g/mol. The molecule has 0 rings (SSSR count). The van der Waals surface area contributed by atoms with Crippen LogP contribution in [0.4, 0.5) is 0 Å². The quantitative estimate of drug-likeness (QED) is 0.659. The summed E-state index contributed by atoms with van der Waals surface area (Å²) in [6.45, 7) is 8.29. The van der Waals surface area contributed by atoms with Crippen LogP contribution in [0.15, 0.2) is 0 Å². The second kappa shape index (κ2) is 5.22. The molecule has 1 atom stereocenters. The van der Waals surface area contributed by atoms with Crippen molar-refractivity contribution < 1.29 is 4.79 Å². The van der Waals surface area contributed by atoms with E-state index >= 15 is 0 Å². The van der Waals surface area contributed by atoms with E-state index in [1.54, 1.807) is 0 Å². The maximum atomic E-state index is 10.7. The molecule has 1 unspecified atom stereocenters. The first-order valence-electron chi connectivity index (χ1n) is 4.93. The lowest BCUT2D eigenvalue weighted by Gasteiger charge is -2.29. The molecule has 0 saturated heterocycles. The molecule has 1 amide bonds. The van der Waals surface area contributed by atoms with E-state index in [1.807, 2.05) is 13.8 Å². The van der Waals surface area contributed by atoms with Gasteiger partial charge in [-0.3, -0.25) is 4.79 Å². The van der Waals surface area contributed by atoms with E-state index in [0.717, 1.165) is 12.8 Å². The molecular weight excluding hydrogens is 164 g/mol. The van der Waals surface area contributed by atoms with Crippen LogP contribution in [0.5, 0.6) is 0 Å². The molecule has 13 heavy (non-hydrogen) atoms. The van der Waals surface area contributed by atoms with Crippen LogP contribution < -0.4 is 11.1 Å². The van der Waals surface area contributed by atoms with Crippen LogP contribution in [0.1, 0.15) is 47.0 Å². The van der Waals surface area contributed by atoms with Gasteiger partial charge in [0.25, 0.3) is 0 Å². The van der Waals surface area contributed by atoms with E-state index in [1.165, 1.54) is 0 Å². The van der Waals surface area contributed by atoms with Crippen LogP contribution in [0.2, 0.25) is 0 Å². The van der Waals surface area contributed by atoms with Crippen LogP contribution >= 0.6 is 0 Å². The van der Waals surface area contributed by atoms with Crippen LogP contribution in [0.3, 0.4) is 0 Å². The fourth-order valence-electron chi connectivity index (χ4n) is 1.66. The molecule has 0 aliphatic rings. The Hall–Kier alpha value is -0.570. The third-order valence-corrected chi connectivity index (χ3v) is 1.97. The Balaban J connectivity index is 3.92. The van der Waals surface area contributed by atoms with Gasteiger partial charge in [0.2, 0.25) is 5.91 Å². The van der Waals surface area contributed by atoms with Crippen LogP contribution in [-0.2, 0) is 4.79 Å². The lowest BCUT2D eigenvalue weighted by atomic mass is 9.98. The van der Waals surface area contributed by atoms with Gasteiger partial charge in [-0.15, -0.1) is 0 Å². The molecule has 0 aromatic rings. The van der Waals surface area contributed by atoms with Crippen molar-refractivity contribution in [1.82, 2.24) is 5.32 Å². The summed E-state index contributed by atoms with van der Waals surface area (Å²) in [5.74, 6) is -0.249. The highest BCUT2D eigenvalue weighted by molar-refractivity contribution is 5.74. The average molecular weight is 186 g/mol. The Morgan fingerprint density at radius 1 is 1.54 bits per heavy atom. The minimum atomic E-state index is -0.249. The van der Waals surface area contributed by atoms with Crippen LogP contribution in [-0.4, -0.2) is 17.5 Å². The fraction of sp³-hybridized carbons (Fsp3) is 0.900. The van der Waals surface area contributed by atoms with Gasteiger partial charge in [-0.25, -0.2) is 0 Å². The van der Waals surface area contributed by atoms with Crippen molar-refractivity contribution >= 4 is 5.91 Å². The van der Waals surface area contributed by atoms with Gasteiger partial charge in [-0.2, -0.15) is 0 Å². The van der Waals surface area contributed by atoms with Crippen molar-refractivity contribution in [1.29, 1.82) is 0 Å². The summed E-state index contributed by atoms with van der Waals surface area (Å²) in [4.78, 5) is 10.7. The molecule has 0 spiro atoms. The Morgan fingerprint density at radius 2 is 2.08 bits per heavy atom. The van der Waals surface area contributed by atoms with E-state index in [4.69, 9.17) is 5.73 Å². The van der Waals surface area contributed by atoms with Crippen molar-refractivity contribution in [2.75, 3.05) is 0 Å². The highest BCUT2D eigenvalue weighted by Crippen LogP contribution is 2.10. The molecule has 0 bridgehead atoms. The highest BCUT2D eigenvalue weighted by Gasteiger charge is 2.21. The van der Waals surface area contributed by atoms with Gasteiger partial charge in [0, 0.05) is 18.0 Å². The third-order valence-electron chi connectivity index (χ3n) is 1.97. The number of carbonyl (C=O) groups excluding carboxylic acids is 1. The summed E-state index contributed by atoms with van der Waals surface area (Å²) >= 11 is 0. The molecule has 0 aromatic carbocycles. The molecule has 0 aliphatic heterocycles. The summed E-state index contributed by atoms with van der Waals surface area (Å²) in [5, 5.41) is 3.39. The number of hydrogen-bond donors (Lipinski definition) is 2. The van der Waals surface area contributed by atoms with Crippen molar-refractivity contribution in [2.24, 2.45) is 5.73 Å². The van der Waals surface area contributed by atoms with Gasteiger partial charge in [0.1, 0.15) is 0 Å². The van der Waals surface area contributed by atoms with E-state index in [-0.39, 0.29) is 11.4 Å². The molecule has 3 nitrogen and oxygen atoms in total. The Labute approximate surface area is 81.1 Å². The first-order chi connectivity index (χ1) is 5.87. The Bertz CT molecular complexity index is 166. The Morgan fingerprint density at radius 3 is 2.46 bits per heavy atom. The fourth-order valence-corrected chi connectivity index (χ4v) is 1.66. The SMILES string of the molecule is CCCC(C)NC(C)(C)CC(N)=O. The zero-order valence-corrected chi connectivity index (χ0v) is 9.18. The van der Waals surface area contributed by atoms with Gasteiger partial charge in [0.15, 0.2) is 0 Å². The van der Waals surface area contributed by atoms with Crippen molar-refractivity contribution in [3.8, 4) is 0 Å². The lowest BCUT2D eigenvalue weighted by Crippen LogP contribution is -2.47. The minimum Gasteiger partial charge on any atom is -0.370 e. The lowest BCUT2D eigenvalue weighted by molar-refractivity contribution is -0.119. The van der Waals surface area contributed by atoms with E-state index in [2.05, 4.69) is 19.2 Å². The second-order valence-electron chi connectivity index (χ2n) is 4.36. The molecule has 0 heterocycles. The standard InChI is InChI=1S/C10H22N2O/c1-5-6-8(2)12-10(3,4)7-9(11)13/h8,12H,5-7H2,1-4H3,(H2,11,13). The number of primary amides is 1. The maximum Gasteiger partial charge on any atom is 0.219 e. The molecule has 3 heteroatoms. The van der Waals surface area contributed by atoms with E-state index in [0.29, 0.717) is 12.5 Å². The average Bonchev–Trinajstić information content (AvgIpc) is 1.81. The molecular formula is C10H22N2O. The molecule has 0 saturated carbocycles. The van der Waals surface area contributed by atoms with Crippen LogP contribution in [0, 0.1) is 0 Å². The van der Waals surface area contributed by atoms with Gasteiger partial charge in [-0.1, -0.05) is 13.3 Å². The summed E-state index contributed by atoms with van der Waals surface area (Å²) in [5.41, 5.74) is 4.97. The number of carbonyl (C=O) groups is 1. The zero-order valence-electron chi connectivity index (χ0n) is 9.18. The minimum absolute atomic E-state index is 0.180. The predicted octanol–water partition coefficient (Wildman–Crippen LogP) is 1.42. The van der Waals surface area contributed by atoms with Gasteiger partial charge < -0.3 is 11.1 Å². The molecule has 0 aromatic heterocycles. The molecule has 0 aliphatic carbocycles. The molecule has 0 radical (unpaired) electrons. The summed E-state index contributed by atoms with van der Waals surface area (Å²) in [6.07, 6.45) is 2.67. The molecule has 0 fully saturated rings. The number of hydrogen-bond acceptors (Lipinski definition) is 2. The largest absolute Gasteiger partial charge is 0.370 e. The van der Waals surface area contributed by atoms with Crippen molar-refractivity contribution in [3.05, 3.63) is 0 Å². The normalized spacial score (nSPS) is 14.2. The first kappa shape index (κ1) is 12.4. The number of amides is 1. The number of nitrogens with one attached hydrogen (secondary N) is 1.